The van der Waals surface area contributed by atoms with Crippen LogP contribution in [0.1, 0.15) is 42.6 Å². The number of carbonyl (C=O) groups excluding carboxylic acids is 2. The number of aromatic hydroxyl groups is 1. The molecule has 4 rings (SSSR count). The van der Waals surface area contributed by atoms with Crippen molar-refractivity contribution in [1.82, 2.24) is 24.4 Å². The normalized spacial score (nSPS) is 16.7. The zero-order valence-corrected chi connectivity index (χ0v) is 19.1. The first-order valence-electron chi connectivity index (χ1n) is 11.2. The summed E-state index contributed by atoms with van der Waals surface area (Å²) in [5.41, 5.74) is -0.144. The molecule has 1 aliphatic carbocycles. The molecule has 0 bridgehead atoms. The summed E-state index contributed by atoms with van der Waals surface area (Å²) in [4.78, 5) is 40.5. The van der Waals surface area contributed by atoms with Crippen LogP contribution in [0, 0.1) is 5.92 Å². The number of ether oxygens (including phenoxy) is 1. The molecule has 1 aliphatic heterocycles. The van der Waals surface area contributed by atoms with Crippen molar-refractivity contribution < 1.29 is 19.4 Å². The zero-order chi connectivity index (χ0) is 23.7. The van der Waals surface area contributed by atoms with Gasteiger partial charge in [-0.1, -0.05) is 13.8 Å². The third kappa shape index (κ3) is 4.58. The fraction of sp³-hybridized carbons (Fsp3) is 0.545. The molecule has 0 radical (unpaired) electrons. The summed E-state index contributed by atoms with van der Waals surface area (Å²) < 4.78 is 7.93. The molecule has 1 saturated carbocycles. The molecule has 11 nitrogen and oxygen atoms in total. The molecule has 11 heteroatoms. The second-order valence-electron chi connectivity index (χ2n) is 8.77. The van der Waals surface area contributed by atoms with Gasteiger partial charge in [-0.2, -0.15) is 4.52 Å². The van der Waals surface area contributed by atoms with Gasteiger partial charge in [-0.25, -0.2) is 0 Å². The Balaban J connectivity index is 1.84. The minimum absolute atomic E-state index is 0.0285. The topological polar surface area (TPSA) is 130 Å². The molecule has 2 aromatic heterocycles. The average molecular weight is 459 g/mol. The van der Waals surface area contributed by atoms with Crippen molar-refractivity contribution in [3.63, 3.8) is 0 Å². The summed E-state index contributed by atoms with van der Waals surface area (Å²) in [5.74, 6) is -0.866. The third-order valence-electron chi connectivity index (χ3n) is 5.68. The van der Waals surface area contributed by atoms with Crippen LogP contribution in [0.3, 0.4) is 0 Å². The highest BCUT2D eigenvalue weighted by Gasteiger charge is 2.30. The van der Waals surface area contributed by atoms with Gasteiger partial charge in [0.05, 0.1) is 18.8 Å². The number of nitrogens with zero attached hydrogens (tertiary/aromatic N) is 4. The van der Waals surface area contributed by atoms with Crippen LogP contribution in [0.25, 0.3) is 11.7 Å². The summed E-state index contributed by atoms with van der Waals surface area (Å²) in [5, 5.41) is 21.0. The van der Waals surface area contributed by atoms with Gasteiger partial charge in [-0.15, -0.1) is 5.10 Å². The second-order valence-corrected chi connectivity index (χ2v) is 8.77. The number of carbonyl (C=O) groups is 2. The highest BCUT2D eigenvalue weighted by Crippen LogP contribution is 2.27. The van der Waals surface area contributed by atoms with Crippen molar-refractivity contribution in [2.24, 2.45) is 5.92 Å². The van der Waals surface area contributed by atoms with Gasteiger partial charge in [0.2, 0.25) is 11.8 Å². The number of anilines is 1. The fourth-order valence-corrected chi connectivity index (χ4v) is 3.86. The number of nitrogens with one attached hydrogen (secondary N) is 2. The summed E-state index contributed by atoms with van der Waals surface area (Å²) in [6.07, 6.45) is 4.73. The predicted molar refractivity (Wildman–Crippen MR) is 122 cm³/mol. The Bertz CT molecular complexity index is 1150. The molecule has 1 saturated heterocycles. The van der Waals surface area contributed by atoms with E-state index in [9.17, 15) is 19.5 Å². The Morgan fingerprint density at radius 3 is 2.58 bits per heavy atom. The highest BCUT2D eigenvalue weighted by molar-refractivity contribution is 5.97. The minimum Gasteiger partial charge on any atom is -0.492 e. The zero-order valence-electron chi connectivity index (χ0n) is 19.1. The van der Waals surface area contributed by atoms with E-state index < -0.39 is 17.3 Å². The Kier molecular flexibility index (Phi) is 6.41. The average Bonchev–Trinajstić information content (AvgIpc) is 3.52. The van der Waals surface area contributed by atoms with Crippen molar-refractivity contribution in [2.45, 2.75) is 39.3 Å². The van der Waals surface area contributed by atoms with Crippen molar-refractivity contribution in [3.8, 4) is 5.88 Å². The molecule has 2 aromatic rings. The summed E-state index contributed by atoms with van der Waals surface area (Å²) in [7, 11) is 1.66. The van der Waals surface area contributed by atoms with Gasteiger partial charge in [0.15, 0.2) is 17.0 Å². The van der Waals surface area contributed by atoms with Gasteiger partial charge in [-0.3, -0.25) is 19.0 Å². The molecular formula is C22H30N6O5. The molecule has 3 N–H and O–H groups in total. The molecule has 33 heavy (non-hydrogen) atoms. The number of amides is 2. The van der Waals surface area contributed by atoms with E-state index in [1.807, 2.05) is 13.8 Å². The lowest BCUT2D eigenvalue weighted by Crippen LogP contribution is -2.39. The standard InChI is InChI=1S/C22H30N6O5/c1-13(2)12-27-20-15(6-7-16(29)26-8-10-33-11-9-26)18(23-3)25-28(20)22(32)17(21(27)31)19(30)24-14-4-5-14/h6-7,13-14,32H,4-5,8-12H2,1-3H3,(H,23,25)(H,24,30). The first kappa shape index (κ1) is 22.8. The second kappa shape index (κ2) is 9.26. The van der Waals surface area contributed by atoms with E-state index in [1.165, 1.54) is 15.2 Å². The van der Waals surface area contributed by atoms with E-state index in [-0.39, 0.29) is 23.4 Å². The quantitative estimate of drug-likeness (QED) is 0.520. The van der Waals surface area contributed by atoms with Crippen LogP contribution in [0.15, 0.2) is 10.9 Å². The first-order chi connectivity index (χ1) is 15.8. The molecular weight excluding hydrogens is 428 g/mol. The summed E-state index contributed by atoms with van der Waals surface area (Å²) in [6.45, 7) is 6.21. The van der Waals surface area contributed by atoms with Crippen LogP contribution in [-0.2, 0) is 16.1 Å². The SMILES string of the molecule is CNc1nn2c(O)c(C(=O)NC3CC3)c(=O)n(CC(C)C)c2c1C=CC(=O)N1CCOCC1. The van der Waals surface area contributed by atoms with Crippen LogP contribution >= 0.6 is 0 Å². The van der Waals surface area contributed by atoms with Crippen molar-refractivity contribution in [2.75, 3.05) is 38.7 Å². The van der Waals surface area contributed by atoms with Crippen LogP contribution in [0.2, 0.25) is 0 Å². The number of hydrogen-bond acceptors (Lipinski definition) is 7. The molecule has 0 atom stereocenters. The Morgan fingerprint density at radius 2 is 1.97 bits per heavy atom. The van der Waals surface area contributed by atoms with E-state index >= 15 is 0 Å². The lowest BCUT2D eigenvalue weighted by Gasteiger charge is -2.25. The molecule has 0 spiro atoms. The lowest BCUT2D eigenvalue weighted by atomic mass is 10.2. The maximum Gasteiger partial charge on any atom is 0.270 e. The molecule has 178 valence electrons. The predicted octanol–water partition coefficient (Wildman–Crippen LogP) is 0.664. The van der Waals surface area contributed by atoms with Gasteiger partial charge >= 0.3 is 0 Å². The van der Waals surface area contributed by atoms with Gasteiger partial charge in [0.25, 0.3) is 11.5 Å². The van der Waals surface area contributed by atoms with Gasteiger partial charge < -0.3 is 25.4 Å². The Labute approximate surface area is 191 Å². The molecule has 2 aliphatic rings. The fourth-order valence-electron chi connectivity index (χ4n) is 3.86. The monoisotopic (exact) mass is 458 g/mol. The molecule has 2 fully saturated rings. The van der Waals surface area contributed by atoms with Gasteiger partial charge in [0, 0.05) is 38.8 Å². The summed E-state index contributed by atoms with van der Waals surface area (Å²) >= 11 is 0. The van der Waals surface area contributed by atoms with Crippen LogP contribution < -0.4 is 16.2 Å². The lowest BCUT2D eigenvalue weighted by molar-refractivity contribution is -0.129. The van der Waals surface area contributed by atoms with Crippen LogP contribution in [0.4, 0.5) is 5.82 Å². The molecule has 3 heterocycles. The van der Waals surface area contributed by atoms with Gasteiger partial charge in [-0.05, 0) is 24.8 Å². The van der Waals surface area contributed by atoms with E-state index in [0.29, 0.717) is 49.9 Å². The largest absolute Gasteiger partial charge is 0.492 e. The van der Waals surface area contributed by atoms with Crippen LogP contribution in [-0.4, -0.2) is 75.4 Å². The smallest absolute Gasteiger partial charge is 0.270 e. The van der Waals surface area contributed by atoms with E-state index in [0.717, 1.165) is 12.8 Å². The maximum atomic E-state index is 13.4. The Morgan fingerprint density at radius 1 is 1.27 bits per heavy atom. The van der Waals surface area contributed by atoms with Crippen LogP contribution in [0.5, 0.6) is 5.88 Å². The molecule has 0 aromatic carbocycles. The maximum absolute atomic E-state index is 13.4. The summed E-state index contributed by atoms with van der Waals surface area (Å²) in [6, 6.07) is 0.0285. The minimum atomic E-state index is -0.611. The number of hydrogen-bond donors (Lipinski definition) is 3. The van der Waals surface area contributed by atoms with E-state index in [2.05, 4.69) is 15.7 Å². The van der Waals surface area contributed by atoms with Crippen molar-refractivity contribution >= 4 is 29.4 Å². The molecule has 0 unspecified atom stereocenters. The first-order valence-corrected chi connectivity index (χ1v) is 11.2. The Hall–Kier alpha value is -3.34. The van der Waals surface area contributed by atoms with Crippen molar-refractivity contribution in [3.05, 3.63) is 27.6 Å². The highest BCUT2D eigenvalue weighted by atomic mass is 16.5. The molecule has 2 amide bonds. The van der Waals surface area contributed by atoms with Crippen molar-refractivity contribution in [1.29, 1.82) is 0 Å². The number of fused-ring (bicyclic) bond motifs is 1. The van der Waals surface area contributed by atoms with Gasteiger partial charge in [0.1, 0.15) is 0 Å². The van der Waals surface area contributed by atoms with E-state index in [4.69, 9.17) is 4.74 Å². The van der Waals surface area contributed by atoms with E-state index in [1.54, 1.807) is 18.0 Å². The third-order valence-corrected chi connectivity index (χ3v) is 5.68. The number of rotatable bonds is 7. The number of aromatic nitrogens is 3. The number of morpholine rings is 1.